The van der Waals surface area contributed by atoms with Gasteiger partial charge in [-0.2, -0.15) is 0 Å². The van der Waals surface area contributed by atoms with Gasteiger partial charge in [-0.15, -0.1) is 0 Å². The summed E-state index contributed by atoms with van der Waals surface area (Å²) in [6.07, 6.45) is 8.13. The highest BCUT2D eigenvalue weighted by atomic mass is 35.5. The molecule has 146 valence electrons. The fourth-order valence-electron chi connectivity index (χ4n) is 3.55. The first kappa shape index (κ1) is 19.9. The van der Waals surface area contributed by atoms with Crippen molar-refractivity contribution in [3.8, 4) is 11.5 Å². The van der Waals surface area contributed by atoms with E-state index < -0.39 is 0 Å². The molecule has 0 saturated heterocycles. The van der Waals surface area contributed by atoms with Crippen LogP contribution in [0.5, 0.6) is 11.5 Å². The van der Waals surface area contributed by atoms with E-state index in [0.717, 1.165) is 29.7 Å². The predicted molar refractivity (Wildman–Crippen MR) is 113 cm³/mol. The predicted octanol–water partition coefficient (Wildman–Crippen LogP) is 6.57. The van der Waals surface area contributed by atoms with Crippen LogP contribution < -0.4 is 14.8 Å². The minimum atomic E-state index is 0.0105. The molecule has 0 unspecified atom stereocenters. The molecule has 0 aromatic heterocycles. The third-order valence-electron chi connectivity index (χ3n) is 5.13. The van der Waals surface area contributed by atoms with Crippen LogP contribution in [0.3, 0.4) is 0 Å². The van der Waals surface area contributed by atoms with Crippen LogP contribution in [0.4, 0.5) is 5.69 Å². The molecule has 0 bridgehead atoms. The van der Waals surface area contributed by atoms with Gasteiger partial charge in [0.25, 0.3) is 0 Å². The maximum absolute atomic E-state index is 6.13. The van der Waals surface area contributed by atoms with E-state index >= 15 is 0 Å². The zero-order chi connectivity index (χ0) is 18.9. The Balaban J connectivity index is 1.37. The van der Waals surface area contributed by atoms with Gasteiger partial charge < -0.3 is 14.8 Å². The molecule has 0 amide bonds. The lowest BCUT2D eigenvalue weighted by Crippen LogP contribution is -2.22. The van der Waals surface area contributed by atoms with Crippen molar-refractivity contribution in [2.45, 2.75) is 51.6 Å². The van der Waals surface area contributed by atoms with E-state index in [1.807, 2.05) is 43.3 Å². The second-order valence-corrected chi connectivity index (χ2v) is 7.81. The number of rotatable bonds is 9. The fraction of sp³-hybridized carbons (Fsp3) is 0.478. The van der Waals surface area contributed by atoms with Crippen LogP contribution in [0.1, 0.15) is 45.4 Å². The van der Waals surface area contributed by atoms with Crippen LogP contribution in [0, 0.1) is 5.92 Å². The summed E-state index contributed by atoms with van der Waals surface area (Å²) in [7, 11) is 0. The second kappa shape index (κ2) is 10.5. The summed E-state index contributed by atoms with van der Waals surface area (Å²) < 4.78 is 11.8. The minimum absolute atomic E-state index is 0.0105. The molecule has 0 spiro atoms. The van der Waals surface area contributed by atoms with E-state index in [1.54, 1.807) is 0 Å². The topological polar surface area (TPSA) is 30.5 Å². The van der Waals surface area contributed by atoms with Gasteiger partial charge in [-0.1, -0.05) is 55.8 Å². The molecule has 3 nitrogen and oxygen atoms in total. The third kappa shape index (κ3) is 6.66. The average Bonchev–Trinajstić information content (AvgIpc) is 2.70. The molecule has 27 heavy (non-hydrogen) atoms. The van der Waals surface area contributed by atoms with E-state index in [-0.39, 0.29) is 6.10 Å². The molecule has 3 rings (SSSR count). The van der Waals surface area contributed by atoms with Crippen LogP contribution in [0.15, 0.2) is 48.5 Å². The molecule has 0 heterocycles. The van der Waals surface area contributed by atoms with Crippen LogP contribution in [0.25, 0.3) is 0 Å². The highest BCUT2D eigenvalue weighted by Crippen LogP contribution is 2.27. The zero-order valence-corrected chi connectivity index (χ0v) is 16.9. The second-order valence-electron chi connectivity index (χ2n) is 7.41. The van der Waals surface area contributed by atoms with E-state index in [1.165, 1.54) is 38.5 Å². The van der Waals surface area contributed by atoms with Gasteiger partial charge in [0, 0.05) is 5.69 Å². The molecule has 0 radical (unpaired) electrons. The first-order valence-electron chi connectivity index (χ1n) is 10.1. The quantitative estimate of drug-likeness (QED) is 0.527. The Bertz CT molecular complexity index is 683. The molecule has 1 aliphatic carbocycles. The lowest BCUT2D eigenvalue weighted by molar-refractivity contribution is 0.235. The van der Waals surface area contributed by atoms with E-state index in [4.69, 9.17) is 21.1 Å². The lowest BCUT2D eigenvalue weighted by atomic mass is 9.87. The van der Waals surface area contributed by atoms with Gasteiger partial charge in [-0.3, -0.25) is 0 Å². The maximum Gasteiger partial charge on any atom is 0.138 e. The highest BCUT2D eigenvalue weighted by molar-refractivity contribution is 6.32. The number of benzene rings is 2. The van der Waals surface area contributed by atoms with Crippen molar-refractivity contribution in [3.63, 3.8) is 0 Å². The molecule has 2 aromatic carbocycles. The zero-order valence-electron chi connectivity index (χ0n) is 16.1. The SMILES string of the molecule is C[C@@H](CNc1ccc(OCCC2CCCCC2)cc1)Oc1ccccc1Cl. The standard InChI is InChI=1S/C23H30ClNO2/c1-18(27-23-10-6-5-9-22(23)24)17-25-20-11-13-21(14-12-20)26-16-15-19-7-3-2-4-8-19/h5-6,9-14,18-19,25H,2-4,7-8,15-17H2,1H3/t18-/m0/s1. The lowest BCUT2D eigenvalue weighted by Gasteiger charge is -2.21. The molecule has 0 aliphatic heterocycles. The van der Waals surface area contributed by atoms with Crippen molar-refractivity contribution in [3.05, 3.63) is 53.6 Å². The van der Waals surface area contributed by atoms with Crippen molar-refractivity contribution in [2.75, 3.05) is 18.5 Å². The van der Waals surface area contributed by atoms with Crippen molar-refractivity contribution < 1.29 is 9.47 Å². The van der Waals surface area contributed by atoms with Gasteiger partial charge in [0.2, 0.25) is 0 Å². The smallest absolute Gasteiger partial charge is 0.138 e. The van der Waals surface area contributed by atoms with Crippen LogP contribution in [-0.4, -0.2) is 19.3 Å². The Hall–Kier alpha value is -1.87. The Morgan fingerprint density at radius 2 is 1.78 bits per heavy atom. The summed E-state index contributed by atoms with van der Waals surface area (Å²) >= 11 is 6.13. The molecule has 1 saturated carbocycles. The maximum atomic E-state index is 6.13. The van der Waals surface area contributed by atoms with Gasteiger partial charge in [0.05, 0.1) is 18.2 Å². The van der Waals surface area contributed by atoms with E-state index in [0.29, 0.717) is 11.6 Å². The van der Waals surface area contributed by atoms with Crippen LogP contribution in [0.2, 0.25) is 5.02 Å². The van der Waals surface area contributed by atoms with E-state index in [2.05, 4.69) is 17.4 Å². The molecular formula is C23H30ClNO2. The van der Waals surface area contributed by atoms with Crippen molar-refractivity contribution in [1.82, 2.24) is 0 Å². The van der Waals surface area contributed by atoms with Gasteiger partial charge in [-0.25, -0.2) is 0 Å². The monoisotopic (exact) mass is 387 g/mol. The molecule has 1 N–H and O–H groups in total. The highest BCUT2D eigenvalue weighted by Gasteiger charge is 2.13. The summed E-state index contributed by atoms with van der Waals surface area (Å²) in [6.45, 7) is 3.55. The first-order valence-corrected chi connectivity index (χ1v) is 10.5. The fourth-order valence-corrected chi connectivity index (χ4v) is 3.73. The van der Waals surface area contributed by atoms with Gasteiger partial charge in [0.15, 0.2) is 0 Å². The molecule has 1 fully saturated rings. The normalized spacial score (nSPS) is 15.9. The summed E-state index contributed by atoms with van der Waals surface area (Å²) in [5.41, 5.74) is 1.06. The van der Waals surface area contributed by atoms with Gasteiger partial charge in [0.1, 0.15) is 17.6 Å². The first-order chi connectivity index (χ1) is 13.2. The Labute approximate surface area is 168 Å². The number of hydrogen-bond acceptors (Lipinski definition) is 3. The summed E-state index contributed by atoms with van der Waals surface area (Å²) in [5.74, 6) is 2.52. The number of nitrogens with one attached hydrogen (secondary N) is 1. The number of hydrogen-bond donors (Lipinski definition) is 1. The molecule has 1 aliphatic rings. The number of para-hydroxylation sites is 1. The molecule has 4 heteroatoms. The van der Waals surface area contributed by atoms with Crippen molar-refractivity contribution in [1.29, 1.82) is 0 Å². The Morgan fingerprint density at radius 1 is 1.04 bits per heavy atom. The third-order valence-corrected chi connectivity index (χ3v) is 5.44. The van der Waals surface area contributed by atoms with Gasteiger partial charge >= 0.3 is 0 Å². The molecule has 2 aromatic rings. The molecule has 1 atom stereocenters. The van der Waals surface area contributed by atoms with Crippen molar-refractivity contribution >= 4 is 17.3 Å². The summed E-state index contributed by atoms with van der Waals surface area (Å²) in [5, 5.41) is 4.03. The Kier molecular flexibility index (Phi) is 7.70. The van der Waals surface area contributed by atoms with Crippen molar-refractivity contribution in [2.24, 2.45) is 5.92 Å². The Morgan fingerprint density at radius 3 is 2.52 bits per heavy atom. The number of anilines is 1. The number of ether oxygens (including phenoxy) is 2. The van der Waals surface area contributed by atoms with E-state index in [9.17, 15) is 0 Å². The largest absolute Gasteiger partial charge is 0.494 e. The average molecular weight is 388 g/mol. The minimum Gasteiger partial charge on any atom is -0.494 e. The van der Waals surface area contributed by atoms with Gasteiger partial charge in [-0.05, 0) is 55.7 Å². The molecular weight excluding hydrogens is 358 g/mol. The van der Waals surface area contributed by atoms with Crippen LogP contribution >= 0.6 is 11.6 Å². The summed E-state index contributed by atoms with van der Waals surface area (Å²) in [4.78, 5) is 0. The van der Waals surface area contributed by atoms with Crippen LogP contribution in [-0.2, 0) is 0 Å². The summed E-state index contributed by atoms with van der Waals surface area (Å²) in [6, 6.07) is 15.7. The number of halogens is 1.